The second kappa shape index (κ2) is 12.0. The third-order valence-corrected chi connectivity index (χ3v) is 3.88. The van der Waals surface area contributed by atoms with Gasteiger partial charge in [-0.15, -0.1) is 0 Å². The summed E-state index contributed by atoms with van der Waals surface area (Å²) in [6.45, 7) is 10.2. The lowest BCUT2D eigenvalue weighted by Crippen LogP contribution is -1.95. The van der Waals surface area contributed by atoms with Crippen molar-refractivity contribution >= 4 is 5.97 Å². The summed E-state index contributed by atoms with van der Waals surface area (Å²) in [5.74, 6) is -0.824. The Morgan fingerprint density at radius 1 is 0.773 bits per heavy atom. The molecule has 0 bridgehead atoms. The molecule has 0 aromatic rings. The highest BCUT2D eigenvalue weighted by Crippen LogP contribution is 2.13. The summed E-state index contributed by atoms with van der Waals surface area (Å²) in [4.78, 5) is 10.7. The van der Waals surface area contributed by atoms with Gasteiger partial charge in [0.05, 0.1) is 0 Å². The molecule has 0 atom stereocenters. The molecule has 1 N–H and O–H groups in total. The van der Waals surface area contributed by atoms with Crippen LogP contribution in [0.3, 0.4) is 0 Å². The van der Waals surface area contributed by atoms with E-state index in [1.165, 1.54) is 16.7 Å². The van der Waals surface area contributed by atoms with Crippen LogP contribution in [0.4, 0.5) is 0 Å². The molecule has 0 rings (SSSR count). The number of carboxylic acid groups (broad SMARTS) is 1. The molecule has 2 heteroatoms. The van der Waals surface area contributed by atoms with Crippen molar-refractivity contribution in [3.63, 3.8) is 0 Å². The van der Waals surface area contributed by atoms with Crippen LogP contribution in [0.1, 0.15) is 73.1 Å². The van der Waals surface area contributed by atoms with E-state index in [9.17, 15) is 4.79 Å². The maximum atomic E-state index is 10.7. The summed E-state index contributed by atoms with van der Waals surface area (Å²) in [5.41, 5.74) is 4.68. The summed E-state index contributed by atoms with van der Waals surface area (Å²) < 4.78 is 0. The van der Waals surface area contributed by atoms with Gasteiger partial charge in [-0.2, -0.15) is 0 Å². The number of rotatable bonds is 10. The van der Waals surface area contributed by atoms with Gasteiger partial charge in [-0.25, -0.2) is 4.79 Å². The van der Waals surface area contributed by atoms with Gasteiger partial charge in [0, 0.05) is 5.57 Å². The smallest absolute Gasteiger partial charge is 0.330 e. The second-order valence-electron chi connectivity index (χ2n) is 6.04. The number of hydrogen-bond donors (Lipinski definition) is 1. The molecule has 0 saturated heterocycles. The average Bonchev–Trinajstić information content (AvgIpc) is 2.46. The maximum Gasteiger partial charge on any atom is 0.330 e. The largest absolute Gasteiger partial charge is 0.478 e. The molecular weight excluding hydrogens is 272 g/mol. The maximum absolute atomic E-state index is 10.7. The molecular formula is C20H32O2. The minimum atomic E-state index is -0.824. The predicted octanol–water partition coefficient (Wildman–Crippen LogP) is 6.22. The molecule has 0 aliphatic rings. The highest BCUT2D eigenvalue weighted by molar-refractivity contribution is 5.85. The fourth-order valence-corrected chi connectivity index (χ4v) is 2.04. The minimum absolute atomic E-state index is 0.433. The van der Waals surface area contributed by atoms with E-state index in [0.29, 0.717) is 5.57 Å². The zero-order valence-electron chi connectivity index (χ0n) is 14.9. The van der Waals surface area contributed by atoms with Crippen LogP contribution < -0.4 is 0 Å². The summed E-state index contributed by atoms with van der Waals surface area (Å²) in [6, 6.07) is 0. The van der Waals surface area contributed by atoms with Crippen LogP contribution in [0.2, 0.25) is 0 Å². The lowest BCUT2D eigenvalue weighted by atomic mass is 10.0. The highest BCUT2D eigenvalue weighted by atomic mass is 16.4. The van der Waals surface area contributed by atoms with E-state index < -0.39 is 5.97 Å². The van der Waals surface area contributed by atoms with E-state index in [1.54, 1.807) is 13.0 Å². The van der Waals surface area contributed by atoms with Crippen molar-refractivity contribution in [3.8, 4) is 0 Å². The van der Waals surface area contributed by atoms with Gasteiger partial charge in [-0.05, 0) is 73.1 Å². The third-order valence-electron chi connectivity index (χ3n) is 3.88. The van der Waals surface area contributed by atoms with Gasteiger partial charge in [-0.3, -0.25) is 0 Å². The summed E-state index contributed by atoms with van der Waals surface area (Å²) in [5, 5.41) is 8.78. The van der Waals surface area contributed by atoms with Crippen molar-refractivity contribution in [2.45, 2.75) is 73.1 Å². The normalized spacial score (nSPS) is 14.4. The van der Waals surface area contributed by atoms with Crippen LogP contribution in [-0.2, 0) is 4.79 Å². The average molecular weight is 304 g/mol. The molecule has 2 nitrogen and oxygen atoms in total. The van der Waals surface area contributed by atoms with Crippen LogP contribution in [-0.4, -0.2) is 11.1 Å². The Balaban J connectivity index is 4.02. The molecule has 0 radical (unpaired) electrons. The van der Waals surface area contributed by atoms with Crippen LogP contribution in [0, 0.1) is 0 Å². The Kier molecular flexibility index (Phi) is 11.2. The Bertz CT molecular complexity index is 462. The number of hydrogen-bond acceptors (Lipinski definition) is 1. The molecule has 0 aromatic heterocycles. The van der Waals surface area contributed by atoms with Crippen LogP contribution in [0.5, 0.6) is 0 Å². The third kappa shape index (κ3) is 11.1. The van der Waals surface area contributed by atoms with E-state index in [2.05, 4.69) is 45.9 Å². The highest BCUT2D eigenvalue weighted by Gasteiger charge is 1.98. The summed E-state index contributed by atoms with van der Waals surface area (Å²) in [7, 11) is 0. The van der Waals surface area contributed by atoms with Crippen molar-refractivity contribution in [3.05, 3.63) is 46.6 Å². The first-order chi connectivity index (χ1) is 10.4. The Labute approximate surface area is 136 Å². The fourth-order valence-electron chi connectivity index (χ4n) is 2.04. The first-order valence-corrected chi connectivity index (χ1v) is 8.20. The lowest BCUT2D eigenvalue weighted by Gasteiger charge is -2.02. The summed E-state index contributed by atoms with van der Waals surface area (Å²) in [6.07, 6.45) is 14.8. The molecule has 0 spiro atoms. The monoisotopic (exact) mass is 304 g/mol. The van der Waals surface area contributed by atoms with Crippen LogP contribution in [0.25, 0.3) is 0 Å². The number of aliphatic carboxylic acids is 1. The van der Waals surface area contributed by atoms with Crippen molar-refractivity contribution < 1.29 is 9.90 Å². The molecule has 124 valence electrons. The van der Waals surface area contributed by atoms with E-state index in [-0.39, 0.29) is 0 Å². The van der Waals surface area contributed by atoms with E-state index in [0.717, 1.165) is 38.5 Å². The van der Waals surface area contributed by atoms with Gasteiger partial charge in [0.2, 0.25) is 0 Å². The predicted molar refractivity (Wildman–Crippen MR) is 96.0 cm³/mol. The standard InChI is InChI=1S/C20H32O2/c1-6-16(2)10-7-11-17(3)12-8-13-18(4)14-9-15-19(5)20(21)22/h6,11,13,15H,7-10,12,14H2,1-5H3,(H,21,22)/b16-6+,17-11+,18-13+,19-15+. The lowest BCUT2D eigenvalue weighted by molar-refractivity contribution is -0.132. The molecule has 0 amide bonds. The molecule has 0 unspecified atom stereocenters. The van der Waals surface area contributed by atoms with E-state index in [1.807, 2.05) is 0 Å². The van der Waals surface area contributed by atoms with Gasteiger partial charge >= 0.3 is 5.97 Å². The Morgan fingerprint density at radius 2 is 1.18 bits per heavy atom. The van der Waals surface area contributed by atoms with Gasteiger partial charge in [0.25, 0.3) is 0 Å². The minimum Gasteiger partial charge on any atom is -0.478 e. The van der Waals surface area contributed by atoms with Gasteiger partial charge < -0.3 is 5.11 Å². The molecule has 0 heterocycles. The number of allylic oxidation sites excluding steroid dienone is 7. The van der Waals surface area contributed by atoms with Gasteiger partial charge in [-0.1, -0.05) is 41.0 Å². The van der Waals surface area contributed by atoms with Crippen molar-refractivity contribution in [1.29, 1.82) is 0 Å². The topological polar surface area (TPSA) is 37.3 Å². The number of carboxylic acids is 1. The number of carbonyl (C=O) groups is 1. The van der Waals surface area contributed by atoms with Crippen molar-refractivity contribution in [2.75, 3.05) is 0 Å². The SMILES string of the molecule is C/C=C(\C)CC/C=C(\C)CC/C=C(\C)CC/C=C(\C)C(=O)O. The first-order valence-electron chi connectivity index (χ1n) is 8.20. The van der Waals surface area contributed by atoms with Gasteiger partial charge in [0.1, 0.15) is 0 Å². The molecule has 0 aromatic carbocycles. The second-order valence-corrected chi connectivity index (χ2v) is 6.04. The summed E-state index contributed by atoms with van der Waals surface area (Å²) >= 11 is 0. The molecule has 0 fully saturated rings. The zero-order chi connectivity index (χ0) is 17.0. The van der Waals surface area contributed by atoms with Crippen molar-refractivity contribution in [2.24, 2.45) is 0 Å². The van der Waals surface area contributed by atoms with Crippen LogP contribution in [0.15, 0.2) is 46.6 Å². The first kappa shape index (κ1) is 20.4. The van der Waals surface area contributed by atoms with E-state index >= 15 is 0 Å². The Morgan fingerprint density at radius 3 is 1.59 bits per heavy atom. The zero-order valence-corrected chi connectivity index (χ0v) is 14.9. The molecule has 22 heavy (non-hydrogen) atoms. The molecule has 0 aliphatic carbocycles. The van der Waals surface area contributed by atoms with Crippen LogP contribution >= 0.6 is 0 Å². The molecule has 0 aliphatic heterocycles. The quantitative estimate of drug-likeness (QED) is 0.384. The Hall–Kier alpha value is -1.57. The fraction of sp³-hybridized carbons (Fsp3) is 0.550. The van der Waals surface area contributed by atoms with Crippen molar-refractivity contribution in [1.82, 2.24) is 0 Å². The molecule has 0 saturated carbocycles. The van der Waals surface area contributed by atoms with Gasteiger partial charge in [0.15, 0.2) is 0 Å². The van der Waals surface area contributed by atoms with E-state index in [4.69, 9.17) is 5.11 Å².